The van der Waals surface area contributed by atoms with E-state index in [1.54, 1.807) is 0 Å². The van der Waals surface area contributed by atoms with Gasteiger partial charge in [-0.25, -0.2) is 0 Å². The third-order valence-corrected chi connectivity index (χ3v) is 3.52. The molecule has 1 aromatic heterocycles. The Balaban J connectivity index is 2.35. The first-order valence-corrected chi connectivity index (χ1v) is 7.49. The number of hydrogen-bond acceptors (Lipinski definition) is 2. The van der Waals surface area contributed by atoms with Gasteiger partial charge in [-0.2, -0.15) is 0 Å². The van der Waals surface area contributed by atoms with Gasteiger partial charge in [-0.05, 0) is 55.1 Å². The van der Waals surface area contributed by atoms with Crippen LogP contribution < -0.4 is 5.32 Å². The van der Waals surface area contributed by atoms with Crippen molar-refractivity contribution >= 4 is 0 Å². The summed E-state index contributed by atoms with van der Waals surface area (Å²) < 4.78 is 0. The molecule has 1 aromatic carbocycles. The molecule has 1 N–H and O–H groups in total. The minimum atomic E-state index is 0.182. The van der Waals surface area contributed by atoms with E-state index >= 15 is 0 Å². The molecule has 1 unspecified atom stereocenters. The van der Waals surface area contributed by atoms with Gasteiger partial charge in [0, 0.05) is 6.20 Å². The van der Waals surface area contributed by atoms with Gasteiger partial charge in [0.1, 0.15) is 0 Å². The molecule has 0 amide bonds. The lowest BCUT2D eigenvalue weighted by atomic mass is 9.99. The Hall–Kier alpha value is -1.67. The fourth-order valence-corrected chi connectivity index (χ4v) is 2.39. The van der Waals surface area contributed by atoms with Crippen LogP contribution in [0.15, 0.2) is 42.6 Å². The van der Waals surface area contributed by atoms with Crippen molar-refractivity contribution in [2.24, 2.45) is 0 Å². The monoisotopic (exact) mass is 268 g/mol. The lowest BCUT2D eigenvalue weighted by Gasteiger charge is -2.19. The van der Waals surface area contributed by atoms with E-state index in [-0.39, 0.29) is 6.04 Å². The van der Waals surface area contributed by atoms with Crippen molar-refractivity contribution in [2.75, 3.05) is 6.54 Å². The van der Waals surface area contributed by atoms with Crippen molar-refractivity contribution < 1.29 is 0 Å². The number of aromatic nitrogens is 1. The maximum Gasteiger partial charge on any atom is 0.0751 e. The van der Waals surface area contributed by atoms with Crippen LogP contribution in [0.2, 0.25) is 0 Å². The summed E-state index contributed by atoms with van der Waals surface area (Å²) >= 11 is 0. The second kappa shape index (κ2) is 7.20. The number of benzene rings is 1. The van der Waals surface area contributed by atoms with Crippen LogP contribution in [0.5, 0.6) is 0 Å². The normalized spacial score (nSPS) is 12.3. The molecule has 0 aliphatic rings. The summed E-state index contributed by atoms with van der Waals surface area (Å²) in [6.45, 7) is 7.50. The van der Waals surface area contributed by atoms with Crippen LogP contribution >= 0.6 is 0 Å². The van der Waals surface area contributed by atoms with Crippen molar-refractivity contribution in [1.29, 1.82) is 0 Å². The van der Waals surface area contributed by atoms with Gasteiger partial charge in [-0.1, -0.05) is 38.1 Å². The Morgan fingerprint density at radius 3 is 2.70 bits per heavy atom. The van der Waals surface area contributed by atoms with Gasteiger partial charge in [0.05, 0.1) is 11.7 Å². The van der Waals surface area contributed by atoms with E-state index in [1.165, 1.54) is 16.7 Å². The largest absolute Gasteiger partial charge is 0.305 e. The lowest BCUT2D eigenvalue weighted by Crippen LogP contribution is -2.24. The first-order chi connectivity index (χ1) is 9.74. The van der Waals surface area contributed by atoms with Gasteiger partial charge in [0.25, 0.3) is 0 Å². The highest BCUT2D eigenvalue weighted by Crippen LogP contribution is 2.22. The Bertz CT molecular complexity index is 549. The summed E-state index contributed by atoms with van der Waals surface area (Å²) in [6, 6.07) is 13.2. The molecule has 0 bridgehead atoms. The van der Waals surface area contributed by atoms with Crippen LogP contribution in [0.1, 0.15) is 48.7 Å². The lowest BCUT2D eigenvalue weighted by molar-refractivity contribution is 0.585. The molecule has 2 aromatic rings. The quantitative estimate of drug-likeness (QED) is 0.855. The molecule has 106 valence electrons. The molecule has 2 nitrogen and oxygen atoms in total. The highest BCUT2D eigenvalue weighted by molar-refractivity contribution is 5.32. The fourth-order valence-electron chi connectivity index (χ4n) is 2.39. The van der Waals surface area contributed by atoms with Crippen molar-refractivity contribution in [1.82, 2.24) is 10.3 Å². The molecule has 0 saturated heterocycles. The Kier molecular flexibility index (Phi) is 5.31. The molecular weight excluding hydrogens is 244 g/mol. The minimum Gasteiger partial charge on any atom is -0.305 e. The minimum absolute atomic E-state index is 0.182. The predicted molar refractivity (Wildman–Crippen MR) is 84.9 cm³/mol. The maximum atomic E-state index is 4.56. The molecule has 0 aliphatic carbocycles. The van der Waals surface area contributed by atoms with Crippen molar-refractivity contribution in [3.05, 3.63) is 65.0 Å². The zero-order valence-electron chi connectivity index (χ0n) is 12.7. The second-order valence-electron chi connectivity index (χ2n) is 5.24. The average molecular weight is 268 g/mol. The zero-order chi connectivity index (χ0) is 14.4. The van der Waals surface area contributed by atoms with Gasteiger partial charge < -0.3 is 5.32 Å². The van der Waals surface area contributed by atoms with Gasteiger partial charge in [-0.3, -0.25) is 4.98 Å². The molecule has 0 spiro atoms. The smallest absolute Gasteiger partial charge is 0.0751 e. The van der Waals surface area contributed by atoms with Crippen molar-refractivity contribution in [2.45, 2.75) is 39.7 Å². The summed E-state index contributed by atoms with van der Waals surface area (Å²) in [4.78, 5) is 4.56. The number of hydrogen-bond donors (Lipinski definition) is 1. The van der Waals surface area contributed by atoms with E-state index < -0.39 is 0 Å². The Labute approximate surface area is 122 Å². The number of rotatable bonds is 6. The van der Waals surface area contributed by atoms with Crippen molar-refractivity contribution in [3.63, 3.8) is 0 Å². The van der Waals surface area contributed by atoms with E-state index in [9.17, 15) is 0 Å². The molecule has 0 saturated carbocycles. The van der Waals surface area contributed by atoms with Crippen LogP contribution in [-0.4, -0.2) is 11.5 Å². The number of nitrogens with one attached hydrogen (secondary N) is 1. The van der Waals surface area contributed by atoms with E-state index in [4.69, 9.17) is 0 Å². The SMILES string of the molecule is CCCNC(c1cccc(CC)c1)c1cc(C)ccn1. The molecule has 2 rings (SSSR count). The molecule has 0 radical (unpaired) electrons. The number of aryl methyl sites for hydroxylation is 2. The highest BCUT2D eigenvalue weighted by Gasteiger charge is 2.14. The maximum absolute atomic E-state index is 4.56. The molecule has 0 aliphatic heterocycles. The predicted octanol–water partition coefficient (Wildman–Crippen LogP) is 4.04. The summed E-state index contributed by atoms with van der Waals surface area (Å²) in [5.74, 6) is 0. The van der Waals surface area contributed by atoms with Gasteiger partial charge in [-0.15, -0.1) is 0 Å². The third kappa shape index (κ3) is 3.67. The summed E-state index contributed by atoms with van der Waals surface area (Å²) in [5, 5.41) is 3.62. The van der Waals surface area contributed by atoms with Crippen molar-refractivity contribution in [3.8, 4) is 0 Å². The van der Waals surface area contributed by atoms with Gasteiger partial charge in [0.15, 0.2) is 0 Å². The fraction of sp³-hybridized carbons (Fsp3) is 0.389. The van der Waals surface area contributed by atoms with Crippen LogP contribution in [0, 0.1) is 6.92 Å². The average Bonchev–Trinajstić information content (AvgIpc) is 2.48. The van der Waals surface area contributed by atoms with Crippen LogP contribution in [0.4, 0.5) is 0 Å². The van der Waals surface area contributed by atoms with E-state index in [0.717, 1.165) is 25.1 Å². The van der Waals surface area contributed by atoms with E-state index in [0.29, 0.717) is 0 Å². The Morgan fingerprint density at radius 2 is 2.00 bits per heavy atom. The summed E-state index contributed by atoms with van der Waals surface area (Å²) in [6.07, 6.45) is 4.08. The summed E-state index contributed by atoms with van der Waals surface area (Å²) in [7, 11) is 0. The van der Waals surface area contributed by atoms with Crippen LogP contribution in [0.25, 0.3) is 0 Å². The molecular formula is C18H24N2. The molecule has 0 fully saturated rings. The first-order valence-electron chi connectivity index (χ1n) is 7.49. The van der Waals surface area contributed by atoms with Gasteiger partial charge in [0.2, 0.25) is 0 Å². The standard InChI is InChI=1S/C18H24N2/c1-4-10-20-18(17-12-14(3)9-11-19-17)16-8-6-7-15(5-2)13-16/h6-9,11-13,18,20H,4-5,10H2,1-3H3. The summed E-state index contributed by atoms with van der Waals surface area (Å²) in [5.41, 5.74) is 5.03. The van der Waals surface area contributed by atoms with Gasteiger partial charge >= 0.3 is 0 Å². The second-order valence-corrected chi connectivity index (χ2v) is 5.24. The molecule has 1 atom stereocenters. The zero-order valence-corrected chi connectivity index (χ0v) is 12.7. The third-order valence-electron chi connectivity index (χ3n) is 3.52. The molecule has 2 heteroatoms. The molecule has 20 heavy (non-hydrogen) atoms. The Morgan fingerprint density at radius 1 is 1.15 bits per heavy atom. The highest BCUT2D eigenvalue weighted by atomic mass is 14.9. The van der Waals surface area contributed by atoms with Crippen LogP contribution in [0.3, 0.4) is 0 Å². The van der Waals surface area contributed by atoms with E-state index in [1.807, 2.05) is 12.3 Å². The topological polar surface area (TPSA) is 24.9 Å². The number of pyridine rings is 1. The molecule has 1 heterocycles. The van der Waals surface area contributed by atoms with E-state index in [2.05, 4.69) is 61.4 Å². The number of nitrogens with zero attached hydrogens (tertiary/aromatic N) is 1. The van der Waals surface area contributed by atoms with Crippen LogP contribution in [-0.2, 0) is 6.42 Å². The first kappa shape index (κ1) is 14.7.